The summed E-state index contributed by atoms with van der Waals surface area (Å²) in [4.78, 5) is 30.0. The van der Waals surface area contributed by atoms with E-state index in [9.17, 15) is 9.59 Å². The fourth-order valence-corrected chi connectivity index (χ4v) is 4.44. The lowest BCUT2D eigenvalue weighted by Gasteiger charge is -2.38. The Kier molecular flexibility index (Phi) is 2.56. The van der Waals surface area contributed by atoms with Crippen molar-refractivity contribution >= 4 is 44.5 Å². The number of aromatic nitrogens is 2. The number of aliphatic carboxylic acids is 1. The first kappa shape index (κ1) is 13.5. The molecule has 1 saturated heterocycles. The lowest BCUT2D eigenvalue weighted by Crippen LogP contribution is -2.52. The molecule has 1 atom stereocenters. The third-order valence-corrected chi connectivity index (χ3v) is 5.55. The molecule has 3 aromatic rings. The van der Waals surface area contributed by atoms with E-state index < -0.39 is 5.97 Å². The lowest BCUT2D eigenvalue weighted by atomic mass is 9.92. The molecular formula is C17H11N3O3S. The molecule has 6 nitrogen and oxygen atoms in total. The molecule has 0 spiro atoms. The molecule has 1 aromatic carbocycles. The number of carboxylic acid groups (broad SMARTS) is 1. The van der Waals surface area contributed by atoms with Gasteiger partial charge in [0, 0.05) is 18.0 Å². The first-order valence-corrected chi connectivity index (χ1v) is 8.29. The number of hydrogen-bond acceptors (Lipinski definition) is 4. The van der Waals surface area contributed by atoms with Gasteiger partial charge in [0.2, 0.25) is 0 Å². The monoisotopic (exact) mass is 337 g/mol. The van der Waals surface area contributed by atoms with Crippen molar-refractivity contribution < 1.29 is 14.7 Å². The maximum absolute atomic E-state index is 12.3. The minimum atomic E-state index is -1.05. The molecule has 7 heteroatoms. The van der Waals surface area contributed by atoms with Crippen molar-refractivity contribution in [2.45, 2.75) is 12.5 Å². The van der Waals surface area contributed by atoms with Crippen LogP contribution in [0.1, 0.15) is 12.0 Å². The van der Waals surface area contributed by atoms with Gasteiger partial charge in [-0.2, -0.15) is 0 Å². The topological polar surface area (TPSA) is 74.9 Å². The molecule has 4 heterocycles. The van der Waals surface area contributed by atoms with Crippen LogP contribution in [0.2, 0.25) is 0 Å². The molecule has 118 valence electrons. The Morgan fingerprint density at radius 3 is 3.12 bits per heavy atom. The molecule has 1 N–H and O–H groups in total. The van der Waals surface area contributed by atoms with Crippen molar-refractivity contribution in [3.05, 3.63) is 53.5 Å². The number of fused-ring (bicyclic) bond motifs is 4. The SMILES string of the molecule is O=C(O)C1=CCC2C(=Cc3ccc4c(c3)sc3nccn34)C(=O)N12. The molecule has 0 aliphatic carbocycles. The van der Waals surface area contributed by atoms with E-state index in [4.69, 9.17) is 5.11 Å². The predicted octanol–water partition coefficient (Wildman–Crippen LogP) is 2.52. The van der Waals surface area contributed by atoms with Gasteiger partial charge in [0.05, 0.1) is 16.3 Å². The van der Waals surface area contributed by atoms with Crippen LogP contribution in [-0.2, 0) is 9.59 Å². The Labute approximate surface area is 139 Å². The van der Waals surface area contributed by atoms with Crippen molar-refractivity contribution in [2.75, 3.05) is 0 Å². The lowest BCUT2D eigenvalue weighted by molar-refractivity contribution is -0.142. The van der Waals surface area contributed by atoms with Gasteiger partial charge in [-0.15, -0.1) is 0 Å². The normalized spacial score (nSPS) is 21.4. The number of amides is 1. The number of carboxylic acids is 1. The number of nitrogens with zero attached hydrogens (tertiary/aromatic N) is 3. The zero-order chi connectivity index (χ0) is 16.4. The van der Waals surface area contributed by atoms with Crippen molar-refractivity contribution in [3.63, 3.8) is 0 Å². The summed E-state index contributed by atoms with van der Waals surface area (Å²) in [7, 11) is 0. The highest BCUT2D eigenvalue weighted by atomic mass is 32.1. The van der Waals surface area contributed by atoms with E-state index in [1.54, 1.807) is 23.6 Å². The predicted molar refractivity (Wildman–Crippen MR) is 89.5 cm³/mol. The van der Waals surface area contributed by atoms with E-state index in [-0.39, 0.29) is 17.6 Å². The fourth-order valence-electron chi connectivity index (χ4n) is 3.40. The number of imidazole rings is 1. The second-order valence-corrected chi connectivity index (χ2v) is 6.84. The number of hydrogen-bond donors (Lipinski definition) is 1. The second-order valence-electron chi connectivity index (χ2n) is 5.83. The van der Waals surface area contributed by atoms with Crippen LogP contribution in [0.15, 0.2) is 47.9 Å². The Morgan fingerprint density at radius 2 is 2.29 bits per heavy atom. The minimum Gasteiger partial charge on any atom is -0.477 e. The number of carbonyl (C=O) groups is 2. The van der Waals surface area contributed by atoms with Crippen LogP contribution >= 0.6 is 11.3 Å². The largest absolute Gasteiger partial charge is 0.477 e. The Bertz CT molecular complexity index is 1100. The molecule has 1 unspecified atom stereocenters. The summed E-state index contributed by atoms with van der Waals surface area (Å²) in [6.07, 6.45) is 7.74. The molecular weight excluding hydrogens is 326 g/mol. The number of benzene rings is 1. The Morgan fingerprint density at radius 1 is 1.42 bits per heavy atom. The maximum atomic E-state index is 12.3. The van der Waals surface area contributed by atoms with Gasteiger partial charge < -0.3 is 5.11 Å². The number of carbonyl (C=O) groups excluding carboxylic acids is 1. The summed E-state index contributed by atoms with van der Waals surface area (Å²) >= 11 is 1.60. The van der Waals surface area contributed by atoms with Crippen LogP contribution in [-0.4, -0.2) is 37.3 Å². The molecule has 0 radical (unpaired) electrons. The molecule has 24 heavy (non-hydrogen) atoms. The summed E-state index contributed by atoms with van der Waals surface area (Å²) < 4.78 is 3.14. The van der Waals surface area contributed by atoms with Crippen molar-refractivity contribution in [1.82, 2.24) is 14.3 Å². The first-order valence-electron chi connectivity index (χ1n) is 7.48. The summed E-state index contributed by atoms with van der Waals surface area (Å²) in [5, 5.41) is 9.11. The van der Waals surface area contributed by atoms with E-state index >= 15 is 0 Å². The van der Waals surface area contributed by atoms with Crippen molar-refractivity contribution in [2.24, 2.45) is 0 Å². The second kappa shape index (κ2) is 4.55. The smallest absolute Gasteiger partial charge is 0.352 e. The van der Waals surface area contributed by atoms with Gasteiger partial charge in [-0.1, -0.05) is 23.5 Å². The van der Waals surface area contributed by atoms with Gasteiger partial charge in [-0.3, -0.25) is 14.1 Å². The summed E-state index contributed by atoms with van der Waals surface area (Å²) in [5.41, 5.74) is 2.80. The summed E-state index contributed by atoms with van der Waals surface area (Å²) in [6, 6.07) is 5.89. The van der Waals surface area contributed by atoms with E-state index in [1.165, 1.54) is 4.90 Å². The highest BCUT2D eigenvalue weighted by Gasteiger charge is 2.48. The zero-order valence-electron chi connectivity index (χ0n) is 12.3. The minimum absolute atomic E-state index is 0.0945. The Hall–Kier alpha value is -2.93. The van der Waals surface area contributed by atoms with E-state index in [1.807, 2.05) is 34.9 Å². The van der Waals surface area contributed by atoms with Gasteiger partial charge >= 0.3 is 5.97 Å². The van der Waals surface area contributed by atoms with Gasteiger partial charge in [0.15, 0.2) is 4.96 Å². The molecule has 1 fully saturated rings. The molecule has 5 rings (SSSR count). The molecule has 1 amide bonds. The average molecular weight is 337 g/mol. The van der Waals surface area contributed by atoms with E-state index in [2.05, 4.69) is 4.98 Å². The average Bonchev–Trinajstić information content (AvgIpc) is 3.24. The summed E-state index contributed by atoms with van der Waals surface area (Å²) in [6.45, 7) is 0. The van der Waals surface area contributed by atoms with Crippen LogP contribution < -0.4 is 0 Å². The van der Waals surface area contributed by atoms with Gasteiger partial charge in [0.25, 0.3) is 5.91 Å². The van der Waals surface area contributed by atoms with Gasteiger partial charge in [-0.25, -0.2) is 9.78 Å². The van der Waals surface area contributed by atoms with Crippen molar-refractivity contribution in [3.8, 4) is 0 Å². The molecule has 0 bridgehead atoms. The first-order chi connectivity index (χ1) is 11.6. The molecule has 2 aromatic heterocycles. The summed E-state index contributed by atoms with van der Waals surface area (Å²) in [5.74, 6) is -1.26. The zero-order valence-corrected chi connectivity index (χ0v) is 13.2. The maximum Gasteiger partial charge on any atom is 0.352 e. The van der Waals surface area contributed by atoms with Crippen LogP contribution in [0, 0.1) is 0 Å². The van der Waals surface area contributed by atoms with Crippen molar-refractivity contribution in [1.29, 1.82) is 0 Å². The Balaban J connectivity index is 1.52. The van der Waals surface area contributed by atoms with Crippen LogP contribution in [0.25, 0.3) is 21.3 Å². The fraction of sp³-hybridized carbons (Fsp3) is 0.118. The quantitative estimate of drug-likeness (QED) is 0.576. The molecule has 0 saturated carbocycles. The molecule has 2 aliphatic heterocycles. The third kappa shape index (κ3) is 1.67. The number of rotatable bonds is 2. The van der Waals surface area contributed by atoms with Gasteiger partial charge in [0.1, 0.15) is 5.70 Å². The van der Waals surface area contributed by atoms with Crippen LogP contribution in [0.3, 0.4) is 0 Å². The number of thiazole rings is 1. The molecule has 2 aliphatic rings. The van der Waals surface area contributed by atoms with E-state index in [0.717, 1.165) is 20.7 Å². The number of β-lactam (4-membered cyclic amide) rings is 1. The van der Waals surface area contributed by atoms with Crippen LogP contribution in [0.5, 0.6) is 0 Å². The third-order valence-electron chi connectivity index (χ3n) is 4.52. The highest BCUT2D eigenvalue weighted by Crippen LogP contribution is 2.39. The van der Waals surface area contributed by atoms with Crippen LogP contribution in [0.4, 0.5) is 0 Å². The van der Waals surface area contributed by atoms with Gasteiger partial charge in [-0.05, 0) is 30.2 Å². The van der Waals surface area contributed by atoms with E-state index in [0.29, 0.717) is 12.0 Å². The highest BCUT2D eigenvalue weighted by molar-refractivity contribution is 7.23. The standard InChI is InChI=1S/C17H11N3O3S/c21-15-10(11-3-4-13(16(22)23)20(11)15)7-9-1-2-12-14(8-9)24-17-18-5-6-19(12)17/h1-2,4-8,11H,3H2,(H,22,23).